The molecule has 7 heteroatoms. The Balaban J connectivity index is 1.47. The lowest BCUT2D eigenvalue weighted by Gasteiger charge is -2.59. The maximum Gasteiger partial charge on any atom is 0.508 e. The maximum atomic E-state index is 12.7. The summed E-state index contributed by atoms with van der Waals surface area (Å²) in [6.07, 6.45) is 18.3. The Morgan fingerprint density at radius 3 is 2.19 bits per heavy atom. The monoisotopic (exact) mass is 688 g/mol. The molecule has 0 aromatic carbocycles. The Kier molecular flexibility index (Phi) is 11.3. The number of methoxy groups -OCH3 is 1. The lowest BCUT2D eigenvalue weighted by Crippen LogP contribution is -2.54. The van der Waals surface area contributed by atoms with Crippen molar-refractivity contribution in [3.8, 4) is 0 Å². The first kappa shape index (κ1) is 38.9. The Bertz CT molecular complexity index is 1180. The Hall–Kier alpha value is -0.896. The highest BCUT2D eigenvalue weighted by atomic mass is 28.4. The molecule has 0 spiro atoms. The van der Waals surface area contributed by atoms with E-state index < -0.39 is 28.4 Å². The molecule has 0 N–H and O–H groups in total. The molecule has 5 nitrogen and oxygen atoms in total. The van der Waals surface area contributed by atoms with Gasteiger partial charge in [-0.3, -0.25) is 0 Å². The van der Waals surface area contributed by atoms with Crippen LogP contribution in [0.15, 0.2) is 23.8 Å². The minimum Gasteiger partial charge on any atom is -0.438 e. The smallest absolute Gasteiger partial charge is 0.438 e. The van der Waals surface area contributed by atoms with Gasteiger partial charge >= 0.3 is 6.16 Å². The average Bonchev–Trinajstić information content (AvgIpc) is 3.31. The minimum absolute atomic E-state index is 0.129. The van der Waals surface area contributed by atoms with Crippen LogP contribution in [0, 0.1) is 34.5 Å². The molecular weight excluding hydrogens is 617 g/mol. The second kappa shape index (κ2) is 13.7. The molecule has 0 saturated heterocycles. The van der Waals surface area contributed by atoms with E-state index in [2.05, 4.69) is 107 Å². The van der Waals surface area contributed by atoms with Gasteiger partial charge in [-0.25, -0.2) is 4.79 Å². The number of carbonyl (C=O) groups excluding carboxylic acids is 1. The summed E-state index contributed by atoms with van der Waals surface area (Å²) < 4.78 is 24.7. The van der Waals surface area contributed by atoms with Crippen LogP contribution in [-0.4, -0.2) is 48.2 Å². The summed E-state index contributed by atoms with van der Waals surface area (Å²) >= 11 is 0. The molecule has 4 unspecified atom stereocenters. The van der Waals surface area contributed by atoms with Crippen LogP contribution in [-0.2, 0) is 18.3 Å². The standard InChI is InChI=1S/C40H72O5Si2/c1-36(2,3)46(11,12)43-27-17-15-16-24-40(9,44-35(41)42-10)34-21-20-32-31-19-18-29-28-30(45-47(13,14)37(4,5)6)22-25-38(29,7)33(31)23-26-39(32,34)8/h16,18,24,30-34H,15,17,19-23,25-28H2,1-14H3/b24-16-/t30?,31?,32?,33?,34-,38-,39-,40+/m0/s1. The fourth-order valence-corrected chi connectivity index (χ4v) is 12.2. The van der Waals surface area contributed by atoms with Gasteiger partial charge in [0.2, 0.25) is 0 Å². The predicted octanol–water partition coefficient (Wildman–Crippen LogP) is 11.9. The summed E-state index contributed by atoms with van der Waals surface area (Å²) in [6.45, 7) is 31.4. The molecule has 4 aliphatic rings. The molecule has 270 valence electrons. The van der Waals surface area contributed by atoms with Crippen molar-refractivity contribution >= 4 is 22.8 Å². The van der Waals surface area contributed by atoms with Gasteiger partial charge in [-0.2, -0.15) is 0 Å². The third-order valence-corrected chi connectivity index (χ3v) is 23.8. The summed E-state index contributed by atoms with van der Waals surface area (Å²) in [6, 6.07) is 0. The van der Waals surface area contributed by atoms with Crippen LogP contribution < -0.4 is 0 Å². The van der Waals surface area contributed by atoms with E-state index in [0.29, 0.717) is 17.9 Å². The summed E-state index contributed by atoms with van der Waals surface area (Å²) in [4.78, 5) is 12.7. The van der Waals surface area contributed by atoms with Crippen molar-refractivity contribution in [2.24, 2.45) is 34.5 Å². The van der Waals surface area contributed by atoms with Crippen molar-refractivity contribution in [2.75, 3.05) is 13.7 Å². The maximum absolute atomic E-state index is 12.7. The van der Waals surface area contributed by atoms with Crippen molar-refractivity contribution in [1.82, 2.24) is 0 Å². The molecule has 0 heterocycles. The highest BCUT2D eigenvalue weighted by Gasteiger charge is 2.62. The number of unbranched alkanes of at least 4 members (excludes halogenated alkanes) is 1. The molecule has 3 saturated carbocycles. The van der Waals surface area contributed by atoms with Crippen molar-refractivity contribution in [1.29, 1.82) is 0 Å². The topological polar surface area (TPSA) is 54.0 Å². The molecule has 0 aromatic heterocycles. The molecule has 4 aliphatic carbocycles. The second-order valence-corrected chi connectivity index (χ2v) is 29.1. The van der Waals surface area contributed by atoms with Gasteiger partial charge in [0.25, 0.3) is 0 Å². The lowest BCUT2D eigenvalue weighted by atomic mass is 9.46. The van der Waals surface area contributed by atoms with E-state index in [9.17, 15) is 4.79 Å². The minimum atomic E-state index is -1.79. The summed E-state index contributed by atoms with van der Waals surface area (Å²) in [5, 5.41) is 0.460. The Morgan fingerprint density at radius 2 is 1.57 bits per heavy atom. The number of rotatable bonds is 10. The van der Waals surface area contributed by atoms with E-state index in [1.165, 1.54) is 45.6 Å². The van der Waals surface area contributed by atoms with Gasteiger partial charge < -0.3 is 18.3 Å². The quantitative estimate of drug-likeness (QED) is 0.0989. The van der Waals surface area contributed by atoms with Crippen LogP contribution in [0.4, 0.5) is 4.79 Å². The normalized spacial score (nSPS) is 34.6. The van der Waals surface area contributed by atoms with Gasteiger partial charge in [0.1, 0.15) is 5.60 Å². The molecule has 0 radical (unpaired) electrons. The SMILES string of the molecule is COC(=O)O[C@](C)(/C=C\CCCO[Si](C)(C)C(C)(C)C)[C@H]1CCC2C3CC=C4CC(O[Si](C)(C)C(C)(C)C)CC[C@]4(C)C3CC[C@@]21C. The van der Waals surface area contributed by atoms with Crippen LogP contribution in [0.1, 0.15) is 127 Å². The fourth-order valence-electron chi connectivity index (χ4n) is 9.77. The molecule has 3 fully saturated rings. The summed E-state index contributed by atoms with van der Waals surface area (Å²) in [5.74, 6) is 2.35. The van der Waals surface area contributed by atoms with Gasteiger partial charge in [-0.05, 0) is 142 Å². The zero-order valence-electron chi connectivity index (χ0n) is 32.9. The number of fused-ring (bicyclic) bond motifs is 5. The van der Waals surface area contributed by atoms with Gasteiger partial charge in [0.05, 0.1) is 7.11 Å². The van der Waals surface area contributed by atoms with Crippen molar-refractivity contribution in [3.05, 3.63) is 23.8 Å². The second-order valence-electron chi connectivity index (χ2n) is 19.6. The lowest BCUT2D eigenvalue weighted by molar-refractivity contribution is -0.0964. The fraction of sp³-hybridized carbons (Fsp3) is 0.875. The zero-order chi connectivity index (χ0) is 35.3. The number of ether oxygens (including phenoxy) is 2. The molecule has 0 bridgehead atoms. The van der Waals surface area contributed by atoms with Crippen LogP contribution in [0.2, 0.25) is 36.3 Å². The van der Waals surface area contributed by atoms with Crippen molar-refractivity contribution in [3.63, 3.8) is 0 Å². The van der Waals surface area contributed by atoms with Crippen LogP contribution in [0.3, 0.4) is 0 Å². The molecule has 47 heavy (non-hydrogen) atoms. The van der Waals surface area contributed by atoms with E-state index in [1.54, 1.807) is 5.57 Å². The first-order chi connectivity index (χ1) is 21.5. The first-order valence-corrected chi connectivity index (χ1v) is 24.8. The molecular formula is C40H72O5Si2. The van der Waals surface area contributed by atoms with Crippen LogP contribution in [0.25, 0.3) is 0 Å². The molecule has 0 amide bonds. The van der Waals surface area contributed by atoms with Gasteiger partial charge in [-0.15, -0.1) is 0 Å². The molecule has 0 aromatic rings. The number of allylic oxidation sites excluding steroid dienone is 2. The molecule has 8 atom stereocenters. The van der Waals surface area contributed by atoms with Crippen LogP contribution >= 0.6 is 0 Å². The molecule has 0 aliphatic heterocycles. The number of hydrogen-bond acceptors (Lipinski definition) is 5. The Labute approximate surface area is 291 Å². The summed E-state index contributed by atoms with van der Waals surface area (Å²) in [5.41, 5.74) is 1.41. The van der Waals surface area contributed by atoms with Gasteiger partial charge in [0.15, 0.2) is 16.6 Å². The Morgan fingerprint density at radius 1 is 0.915 bits per heavy atom. The van der Waals surface area contributed by atoms with Crippen molar-refractivity contribution < 1.29 is 23.1 Å². The van der Waals surface area contributed by atoms with Gasteiger partial charge in [0, 0.05) is 18.6 Å². The largest absolute Gasteiger partial charge is 0.508 e. The first-order valence-electron chi connectivity index (χ1n) is 19.0. The highest BCUT2D eigenvalue weighted by molar-refractivity contribution is 6.74. The van der Waals surface area contributed by atoms with E-state index in [-0.39, 0.29) is 26.8 Å². The van der Waals surface area contributed by atoms with E-state index in [1.807, 2.05) is 0 Å². The van der Waals surface area contributed by atoms with Crippen LogP contribution in [0.5, 0.6) is 0 Å². The predicted molar refractivity (Wildman–Crippen MR) is 201 cm³/mol. The van der Waals surface area contributed by atoms with Crippen molar-refractivity contribution in [2.45, 2.75) is 174 Å². The zero-order valence-corrected chi connectivity index (χ0v) is 34.9. The van der Waals surface area contributed by atoms with Gasteiger partial charge in [-0.1, -0.05) is 73.1 Å². The van der Waals surface area contributed by atoms with E-state index >= 15 is 0 Å². The average molecular weight is 689 g/mol. The van der Waals surface area contributed by atoms with E-state index in [0.717, 1.165) is 38.2 Å². The summed E-state index contributed by atoms with van der Waals surface area (Å²) in [7, 11) is -2.11. The third-order valence-electron chi connectivity index (χ3n) is 14.7. The van der Waals surface area contributed by atoms with E-state index in [4.69, 9.17) is 18.3 Å². The number of hydrogen-bond donors (Lipinski definition) is 0. The highest BCUT2D eigenvalue weighted by Crippen LogP contribution is 2.68. The molecule has 4 rings (SSSR count). The number of carbonyl (C=O) groups is 1. The third kappa shape index (κ3) is 7.73.